The Morgan fingerprint density at radius 2 is 1.43 bits per heavy atom. The second kappa shape index (κ2) is 15.6. The molecule has 0 heterocycles. The van der Waals surface area contributed by atoms with Crippen LogP contribution in [0, 0.1) is 6.92 Å². The van der Waals surface area contributed by atoms with Gasteiger partial charge in [-0.3, -0.25) is 9.59 Å². The van der Waals surface area contributed by atoms with Crippen molar-refractivity contribution in [3.63, 3.8) is 0 Å². The fourth-order valence-electron chi connectivity index (χ4n) is 3.34. The lowest BCUT2D eigenvalue weighted by atomic mass is 10.0. The Balaban J connectivity index is 2.40. The maximum absolute atomic E-state index is 12.5. The molecule has 1 amide bonds. The van der Waals surface area contributed by atoms with E-state index < -0.39 is 12.0 Å². The maximum atomic E-state index is 12.5. The number of unbranched alkanes of at least 4 members (excludes halogenated alkanes) is 8. The summed E-state index contributed by atoms with van der Waals surface area (Å²) in [4.78, 5) is 37.1. The van der Waals surface area contributed by atoms with Crippen LogP contribution in [0.2, 0.25) is 0 Å². The zero-order valence-corrected chi connectivity index (χ0v) is 19.0. The average molecular weight is 418 g/mol. The summed E-state index contributed by atoms with van der Waals surface area (Å²) in [5.74, 6) is -0.942. The lowest BCUT2D eigenvalue weighted by Crippen LogP contribution is -2.43. The Labute approximate surface area is 182 Å². The molecule has 30 heavy (non-hydrogen) atoms. The zero-order chi connectivity index (χ0) is 22.2. The van der Waals surface area contributed by atoms with Crippen molar-refractivity contribution in [3.05, 3.63) is 35.4 Å². The van der Waals surface area contributed by atoms with Crippen LogP contribution in [0.4, 0.5) is 0 Å². The average Bonchev–Trinajstić information content (AvgIpc) is 2.72. The van der Waals surface area contributed by atoms with Crippen LogP contribution >= 0.6 is 0 Å². The topological polar surface area (TPSA) is 72.5 Å². The molecule has 1 aromatic carbocycles. The van der Waals surface area contributed by atoms with Gasteiger partial charge < -0.3 is 10.1 Å². The molecule has 0 aliphatic rings. The van der Waals surface area contributed by atoms with Crippen LogP contribution in [0.1, 0.15) is 100 Å². The smallest absolute Gasteiger partial charge is 0.329 e. The second-order valence-electron chi connectivity index (χ2n) is 7.94. The van der Waals surface area contributed by atoms with Crippen molar-refractivity contribution in [3.8, 4) is 0 Å². The van der Waals surface area contributed by atoms with Crippen LogP contribution in [-0.4, -0.2) is 30.3 Å². The number of nitrogens with one attached hydrogen (secondary N) is 1. The third kappa shape index (κ3) is 11.1. The highest BCUT2D eigenvalue weighted by Gasteiger charge is 2.25. The van der Waals surface area contributed by atoms with Gasteiger partial charge in [-0.1, -0.05) is 88.1 Å². The van der Waals surface area contributed by atoms with E-state index in [1.807, 2.05) is 19.1 Å². The summed E-state index contributed by atoms with van der Waals surface area (Å²) < 4.78 is 5.05. The van der Waals surface area contributed by atoms with Gasteiger partial charge in [0.15, 0.2) is 5.78 Å². The molecular formula is C25H39NO4. The quantitative estimate of drug-likeness (QED) is 0.218. The number of ketones is 1. The molecule has 0 radical (unpaired) electrons. The third-order valence-electron chi connectivity index (χ3n) is 5.18. The normalized spacial score (nSPS) is 11.7. The first-order valence-corrected chi connectivity index (χ1v) is 11.5. The van der Waals surface area contributed by atoms with Gasteiger partial charge in [-0.05, 0) is 20.3 Å². The molecule has 5 nitrogen and oxygen atoms in total. The molecule has 1 atom stereocenters. The fraction of sp³-hybridized carbons (Fsp3) is 0.640. The number of ether oxygens (including phenoxy) is 1. The highest BCUT2D eigenvalue weighted by molar-refractivity contribution is 5.99. The minimum absolute atomic E-state index is 0.0919. The number of carbonyl (C=O) groups is 3. The Kier molecular flexibility index (Phi) is 13.5. The molecule has 1 rings (SSSR count). The largest absolute Gasteiger partial charge is 0.464 e. The zero-order valence-electron chi connectivity index (χ0n) is 19.0. The van der Waals surface area contributed by atoms with Crippen molar-refractivity contribution in [2.75, 3.05) is 6.61 Å². The number of benzene rings is 1. The summed E-state index contributed by atoms with van der Waals surface area (Å²) in [6.45, 7) is 6.08. The van der Waals surface area contributed by atoms with Crippen molar-refractivity contribution < 1.29 is 19.1 Å². The summed E-state index contributed by atoms with van der Waals surface area (Å²) in [5.41, 5.74) is 1.59. The van der Waals surface area contributed by atoms with Crippen LogP contribution in [0.5, 0.6) is 0 Å². The van der Waals surface area contributed by atoms with Gasteiger partial charge in [0.2, 0.25) is 5.91 Å². The van der Waals surface area contributed by atoms with E-state index in [2.05, 4.69) is 12.2 Å². The maximum Gasteiger partial charge on any atom is 0.329 e. The lowest BCUT2D eigenvalue weighted by molar-refractivity contribution is -0.147. The van der Waals surface area contributed by atoms with E-state index in [0.29, 0.717) is 12.0 Å². The van der Waals surface area contributed by atoms with E-state index in [1.165, 1.54) is 38.5 Å². The van der Waals surface area contributed by atoms with Gasteiger partial charge in [0.25, 0.3) is 0 Å². The summed E-state index contributed by atoms with van der Waals surface area (Å²) in [6.07, 6.45) is 10.9. The summed E-state index contributed by atoms with van der Waals surface area (Å²) in [7, 11) is 0. The SMILES string of the molecule is CCCCCCCCCCCC(=O)N[C@@H](CC(=O)c1ccc(C)cc1)C(=O)OCC. The molecule has 0 bridgehead atoms. The minimum atomic E-state index is -0.940. The van der Waals surface area contributed by atoms with Crippen LogP contribution < -0.4 is 5.32 Å². The predicted molar refractivity (Wildman–Crippen MR) is 121 cm³/mol. The molecule has 1 aromatic rings. The first kappa shape index (κ1) is 25.9. The fourth-order valence-corrected chi connectivity index (χ4v) is 3.34. The number of esters is 1. The third-order valence-corrected chi connectivity index (χ3v) is 5.18. The van der Waals surface area contributed by atoms with Crippen molar-refractivity contribution in [1.82, 2.24) is 5.32 Å². The number of carbonyl (C=O) groups excluding carboxylic acids is 3. The molecule has 0 saturated heterocycles. The van der Waals surface area contributed by atoms with Gasteiger partial charge in [-0.25, -0.2) is 4.79 Å². The molecule has 0 saturated carbocycles. The first-order chi connectivity index (χ1) is 14.5. The van der Waals surface area contributed by atoms with Gasteiger partial charge in [-0.2, -0.15) is 0 Å². The predicted octanol–water partition coefficient (Wildman–Crippen LogP) is 5.54. The Morgan fingerprint density at radius 1 is 0.867 bits per heavy atom. The molecule has 0 aromatic heterocycles. The van der Waals surface area contributed by atoms with Gasteiger partial charge in [0.05, 0.1) is 6.61 Å². The van der Waals surface area contributed by atoms with Gasteiger partial charge >= 0.3 is 5.97 Å². The minimum Gasteiger partial charge on any atom is -0.464 e. The molecule has 1 N–H and O–H groups in total. The standard InChI is InChI=1S/C25H39NO4/c1-4-6-7-8-9-10-11-12-13-14-24(28)26-22(25(29)30-5-2)19-23(27)21-17-15-20(3)16-18-21/h15-18,22H,4-14,19H2,1-3H3,(H,26,28)/t22-/m0/s1. The Morgan fingerprint density at radius 3 is 2.00 bits per heavy atom. The van der Waals surface area contributed by atoms with E-state index in [4.69, 9.17) is 4.74 Å². The summed E-state index contributed by atoms with van der Waals surface area (Å²) in [6, 6.07) is 6.25. The van der Waals surface area contributed by atoms with Gasteiger partial charge in [0, 0.05) is 18.4 Å². The van der Waals surface area contributed by atoms with Gasteiger partial charge in [-0.15, -0.1) is 0 Å². The molecule has 0 unspecified atom stereocenters. The molecule has 0 aliphatic heterocycles. The Bertz CT molecular complexity index is 639. The van der Waals surface area contributed by atoms with E-state index >= 15 is 0 Å². The molecule has 0 aliphatic carbocycles. The molecule has 0 fully saturated rings. The van der Waals surface area contributed by atoms with Crippen LogP contribution in [-0.2, 0) is 14.3 Å². The lowest BCUT2D eigenvalue weighted by Gasteiger charge is -2.17. The number of Topliss-reactive ketones (excluding diaryl/α,β-unsaturated/α-hetero) is 1. The molecule has 0 spiro atoms. The summed E-state index contributed by atoms with van der Waals surface area (Å²) >= 11 is 0. The van der Waals surface area contributed by atoms with Crippen molar-refractivity contribution >= 4 is 17.7 Å². The van der Waals surface area contributed by atoms with Crippen molar-refractivity contribution in [1.29, 1.82) is 0 Å². The number of hydrogen-bond acceptors (Lipinski definition) is 4. The number of amides is 1. The van der Waals surface area contributed by atoms with Crippen LogP contribution in [0.3, 0.4) is 0 Å². The monoisotopic (exact) mass is 417 g/mol. The van der Waals surface area contributed by atoms with E-state index in [1.54, 1.807) is 19.1 Å². The molecular weight excluding hydrogens is 378 g/mol. The van der Waals surface area contributed by atoms with Crippen molar-refractivity contribution in [2.45, 2.75) is 97.4 Å². The highest BCUT2D eigenvalue weighted by atomic mass is 16.5. The van der Waals surface area contributed by atoms with Gasteiger partial charge in [0.1, 0.15) is 6.04 Å². The highest BCUT2D eigenvalue weighted by Crippen LogP contribution is 2.12. The number of hydrogen-bond donors (Lipinski definition) is 1. The second-order valence-corrected chi connectivity index (χ2v) is 7.94. The summed E-state index contributed by atoms with van der Waals surface area (Å²) in [5, 5.41) is 2.70. The molecule has 168 valence electrons. The van der Waals surface area contributed by atoms with Crippen LogP contribution in [0.15, 0.2) is 24.3 Å². The first-order valence-electron chi connectivity index (χ1n) is 11.5. The van der Waals surface area contributed by atoms with Crippen molar-refractivity contribution in [2.24, 2.45) is 0 Å². The van der Waals surface area contributed by atoms with E-state index in [0.717, 1.165) is 24.8 Å². The molecule has 5 heteroatoms. The number of aryl methyl sites for hydroxylation is 1. The number of rotatable bonds is 16. The van der Waals surface area contributed by atoms with E-state index in [-0.39, 0.29) is 24.7 Å². The van der Waals surface area contributed by atoms with Crippen LogP contribution in [0.25, 0.3) is 0 Å². The van der Waals surface area contributed by atoms with E-state index in [9.17, 15) is 14.4 Å². The Hall–Kier alpha value is -2.17.